The molecule has 0 aromatic carbocycles. The Hall–Kier alpha value is -0.160. The predicted octanol–water partition coefficient (Wildman–Crippen LogP) is 0.579. The smallest absolute Gasteiger partial charge is 0.0700 e. The largest absolute Gasteiger partial charge is 0.382 e. The molecule has 0 radical (unpaired) electrons. The number of methoxy groups -OCH3 is 1. The van der Waals surface area contributed by atoms with E-state index in [0.717, 1.165) is 32.8 Å². The first kappa shape index (κ1) is 13.9. The zero-order valence-electron chi connectivity index (χ0n) is 10.9. The highest BCUT2D eigenvalue weighted by atomic mass is 16.5. The van der Waals surface area contributed by atoms with Gasteiger partial charge in [0.25, 0.3) is 0 Å². The lowest BCUT2D eigenvalue weighted by Gasteiger charge is -2.35. The number of ether oxygens (including phenoxy) is 2. The van der Waals surface area contributed by atoms with Crippen molar-refractivity contribution in [3.63, 3.8) is 0 Å². The van der Waals surface area contributed by atoms with E-state index in [1.807, 2.05) is 0 Å². The molecule has 1 rings (SSSR count). The van der Waals surface area contributed by atoms with Gasteiger partial charge in [-0.25, -0.2) is 0 Å². The summed E-state index contributed by atoms with van der Waals surface area (Å²) in [6.07, 6.45) is 0. The summed E-state index contributed by atoms with van der Waals surface area (Å²) in [4.78, 5) is 2.48. The summed E-state index contributed by atoms with van der Waals surface area (Å²) in [5, 5.41) is 3.56. The van der Waals surface area contributed by atoms with Crippen LogP contribution in [0.5, 0.6) is 0 Å². The zero-order chi connectivity index (χ0) is 11.8. The Labute approximate surface area is 99.3 Å². The molecular weight excluding hydrogens is 204 g/mol. The standard InChI is InChI=1S/C12H26N2O2/c1-11(2)12-10-14(5-4-13-12)6-7-16-9-8-15-3/h11-13H,4-10H2,1-3H3. The summed E-state index contributed by atoms with van der Waals surface area (Å²) >= 11 is 0. The minimum absolute atomic E-state index is 0.632. The molecule has 1 saturated heterocycles. The second-order valence-corrected chi connectivity index (χ2v) is 4.71. The van der Waals surface area contributed by atoms with Crippen molar-refractivity contribution in [2.45, 2.75) is 19.9 Å². The van der Waals surface area contributed by atoms with E-state index in [9.17, 15) is 0 Å². The third kappa shape index (κ3) is 5.25. The Bertz CT molecular complexity index is 176. The zero-order valence-corrected chi connectivity index (χ0v) is 10.9. The Morgan fingerprint density at radius 1 is 1.31 bits per heavy atom. The number of piperazine rings is 1. The summed E-state index contributed by atoms with van der Waals surface area (Å²) in [5.74, 6) is 0.706. The van der Waals surface area contributed by atoms with Gasteiger partial charge in [0.15, 0.2) is 0 Å². The molecule has 96 valence electrons. The van der Waals surface area contributed by atoms with Crippen molar-refractivity contribution in [3.05, 3.63) is 0 Å². The van der Waals surface area contributed by atoms with E-state index in [1.54, 1.807) is 7.11 Å². The maximum Gasteiger partial charge on any atom is 0.0700 e. The van der Waals surface area contributed by atoms with Gasteiger partial charge in [-0.3, -0.25) is 4.90 Å². The third-order valence-electron chi connectivity index (χ3n) is 3.08. The van der Waals surface area contributed by atoms with Crippen LogP contribution in [0.4, 0.5) is 0 Å². The van der Waals surface area contributed by atoms with Crippen molar-refractivity contribution in [2.75, 3.05) is 53.1 Å². The Morgan fingerprint density at radius 2 is 2.12 bits per heavy atom. The van der Waals surface area contributed by atoms with E-state index in [4.69, 9.17) is 9.47 Å². The number of nitrogens with zero attached hydrogens (tertiary/aromatic N) is 1. The molecule has 1 fully saturated rings. The van der Waals surface area contributed by atoms with Gasteiger partial charge < -0.3 is 14.8 Å². The van der Waals surface area contributed by atoms with Crippen molar-refractivity contribution in [1.82, 2.24) is 10.2 Å². The van der Waals surface area contributed by atoms with Crippen molar-refractivity contribution >= 4 is 0 Å². The van der Waals surface area contributed by atoms with Crippen LogP contribution < -0.4 is 5.32 Å². The second kappa shape index (κ2) is 8.01. The molecule has 1 unspecified atom stereocenters. The van der Waals surface area contributed by atoms with Crippen molar-refractivity contribution in [3.8, 4) is 0 Å². The Kier molecular flexibility index (Phi) is 6.96. The van der Waals surface area contributed by atoms with Crippen LogP contribution in [0.25, 0.3) is 0 Å². The van der Waals surface area contributed by atoms with Crippen LogP contribution >= 0.6 is 0 Å². The van der Waals surface area contributed by atoms with E-state index in [0.29, 0.717) is 25.2 Å². The van der Waals surface area contributed by atoms with Crippen LogP contribution in [-0.2, 0) is 9.47 Å². The van der Waals surface area contributed by atoms with Crippen LogP contribution in [0.1, 0.15) is 13.8 Å². The average Bonchev–Trinajstić information content (AvgIpc) is 2.29. The minimum Gasteiger partial charge on any atom is -0.382 e. The lowest BCUT2D eigenvalue weighted by Crippen LogP contribution is -2.53. The van der Waals surface area contributed by atoms with E-state index in [1.165, 1.54) is 0 Å². The highest BCUT2D eigenvalue weighted by Crippen LogP contribution is 2.07. The molecule has 0 aliphatic carbocycles. The lowest BCUT2D eigenvalue weighted by atomic mass is 10.0. The fourth-order valence-corrected chi connectivity index (χ4v) is 1.93. The highest BCUT2D eigenvalue weighted by Gasteiger charge is 2.20. The lowest BCUT2D eigenvalue weighted by molar-refractivity contribution is 0.0505. The van der Waals surface area contributed by atoms with E-state index in [2.05, 4.69) is 24.1 Å². The average molecular weight is 230 g/mol. The summed E-state index contributed by atoms with van der Waals surface area (Å²) in [6.45, 7) is 11.2. The Balaban J connectivity index is 2.07. The normalized spacial score (nSPS) is 22.9. The number of hydrogen-bond acceptors (Lipinski definition) is 4. The van der Waals surface area contributed by atoms with Crippen LogP contribution in [0.3, 0.4) is 0 Å². The van der Waals surface area contributed by atoms with E-state index >= 15 is 0 Å². The summed E-state index contributed by atoms with van der Waals surface area (Å²) in [7, 11) is 1.70. The van der Waals surface area contributed by atoms with Gasteiger partial charge in [0.2, 0.25) is 0 Å². The quantitative estimate of drug-likeness (QED) is 0.649. The highest BCUT2D eigenvalue weighted by molar-refractivity contribution is 4.80. The van der Waals surface area contributed by atoms with Crippen LogP contribution in [0.2, 0.25) is 0 Å². The van der Waals surface area contributed by atoms with E-state index < -0.39 is 0 Å². The molecule has 1 aliphatic heterocycles. The van der Waals surface area contributed by atoms with Gasteiger partial charge in [0, 0.05) is 39.3 Å². The van der Waals surface area contributed by atoms with Gasteiger partial charge >= 0.3 is 0 Å². The van der Waals surface area contributed by atoms with Crippen molar-refractivity contribution in [2.24, 2.45) is 5.92 Å². The molecule has 0 bridgehead atoms. The molecule has 16 heavy (non-hydrogen) atoms. The summed E-state index contributed by atoms with van der Waals surface area (Å²) < 4.78 is 10.4. The fraction of sp³-hybridized carbons (Fsp3) is 1.00. The van der Waals surface area contributed by atoms with Crippen molar-refractivity contribution < 1.29 is 9.47 Å². The molecule has 0 amide bonds. The molecule has 1 aliphatic rings. The van der Waals surface area contributed by atoms with Gasteiger partial charge in [0.05, 0.1) is 19.8 Å². The molecule has 0 spiro atoms. The second-order valence-electron chi connectivity index (χ2n) is 4.71. The fourth-order valence-electron chi connectivity index (χ4n) is 1.93. The first-order valence-electron chi connectivity index (χ1n) is 6.26. The van der Waals surface area contributed by atoms with E-state index in [-0.39, 0.29) is 0 Å². The predicted molar refractivity (Wildman–Crippen MR) is 65.8 cm³/mol. The molecule has 4 heteroatoms. The molecule has 0 aromatic rings. The van der Waals surface area contributed by atoms with Gasteiger partial charge in [0.1, 0.15) is 0 Å². The minimum atomic E-state index is 0.632. The number of hydrogen-bond donors (Lipinski definition) is 1. The topological polar surface area (TPSA) is 33.7 Å². The van der Waals surface area contributed by atoms with Crippen LogP contribution in [-0.4, -0.2) is 64.1 Å². The van der Waals surface area contributed by atoms with Crippen molar-refractivity contribution in [1.29, 1.82) is 0 Å². The molecule has 4 nitrogen and oxygen atoms in total. The molecule has 1 heterocycles. The van der Waals surface area contributed by atoms with Gasteiger partial charge in [-0.15, -0.1) is 0 Å². The number of nitrogens with one attached hydrogen (secondary N) is 1. The molecular formula is C12H26N2O2. The Morgan fingerprint density at radius 3 is 2.81 bits per heavy atom. The molecule has 0 aromatic heterocycles. The SMILES string of the molecule is COCCOCCN1CCNC(C(C)C)C1. The van der Waals surface area contributed by atoms with Gasteiger partial charge in [-0.05, 0) is 5.92 Å². The molecule has 1 N–H and O–H groups in total. The van der Waals surface area contributed by atoms with Gasteiger partial charge in [-0.1, -0.05) is 13.8 Å². The maximum atomic E-state index is 5.49. The molecule has 0 saturated carbocycles. The third-order valence-corrected chi connectivity index (χ3v) is 3.08. The summed E-state index contributed by atoms with van der Waals surface area (Å²) in [5.41, 5.74) is 0. The first-order chi connectivity index (χ1) is 7.74. The number of rotatable bonds is 7. The maximum absolute atomic E-state index is 5.49. The van der Waals surface area contributed by atoms with Gasteiger partial charge in [-0.2, -0.15) is 0 Å². The van der Waals surface area contributed by atoms with Crippen LogP contribution in [0.15, 0.2) is 0 Å². The summed E-state index contributed by atoms with van der Waals surface area (Å²) in [6, 6.07) is 0.632. The monoisotopic (exact) mass is 230 g/mol. The molecule has 1 atom stereocenters. The van der Waals surface area contributed by atoms with Crippen LogP contribution in [0, 0.1) is 5.92 Å². The first-order valence-corrected chi connectivity index (χ1v) is 6.26.